The lowest BCUT2D eigenvalue weighted by atomic mass is 10.1. The van der Waals surface area contributed by atoms with Crippen LogP contribution >= 0.6 is 0 Å². The molecule has 0 saturated carbocycles. The lowest BCUT2D eigenvalue weighted by Gasteiger charge is -2.10. The molecule has 1 amide bonds. The standard InChI is InChI=1S/C20H21N3O3/c1-3-17-16(13-22-23(17)15-7-5-4-6-8-15)20(25)21-12-14-9-10-18(24)19(11-14)26-2/h4-11,13,24H,3,12H2,1-2H3,(H,21,25). The Morgan fingerprint density at radius 2 is 2.00 bits per heavy atom. The maximum atomic E-state index is 12.6. The molecule has 0 aliphatic rings. The average Bonchev–Trinajstić information content (AvgIpc) is 3.12. The maximum Gasteiger partial charge on any atom is 0.255 e. The first-order valence-electron chi connectivity index (χ1n) is 8.40. The van der Waals surface area contributed by atoms with Gasteiger partial charge in [0.15, 0.2) is 11.5 Å². The maximum absolute atomic E-state index is 12.6. The van der Waals surface area contributed by atoms with Gasteiger partial charge in [-0.15, -0.1) is 0 Å². The molecule has 0 fully saturated rings. The summed E-state index contributed by atoms with van der Waals surface area (Å²) in [6, 6.07) is 14.7. The molecule has 0 saturated heterocycles. The van der Waals surface area contributed by atoms with Crippen LogP contribution in [0.2, 0.25) is 0 Å². The minimum atomic E-state index is -0.184. The minimum Gasteiger partial charge on any atom is -0.504 e. The Bertz CT molecular complexity index is 904. The average molecular weight is 351 g/mol. The molecule has 0 aliphatic heterocycles. The van der Waals surface area contributed by atoms with E-state index in [1.54, 1.807) is 29.1 Å². The summed E-state index contributed by atoms with van der Waals surface area (Å²) in [5.74, 6) is 0.263. The van der Waals surface area contributed by atoms with E-state index in [4.69, 9.17) is 4.74 Å². The number of methoxy groups -OCH3 is 1. The number of nitrogens with zero attached hydrogens (tertiary/aromatic N) is 2. The van der Waals surface area contributed by atoms with E-state index in [0.29, 0.717) is 24.3 Å². The Balaban J connectivity index is 1.77. The molecule has 26 heavy (non-hydrogen) atoms. The molecule has 0 unspecified atom stereocenters. The van der Waals surface area contributed by atoms with E-state index >= 15 is 0 Å². The number of hydrogen-bond acceptors (Lipinski definition) is 4. The van der Waals surface area contributed by atoms with E-state index in [0.717, 1.165) is 16.9 Å². The van der Waals surface area contributed by atoms with Crippen molar-refractivity contribution in [2.45, 2.75) is 19.9 Å². The zero-order valence-corrected chi connectivity index (χ0v) is 14.8. The Kier molecular flexibility index (Phi) is 5.22. The largest absolute Gasteiger partial charge is 0.504 e. The second kappa shape index (κ2) is 7.74. The number of carbonyl (C=O) groups is 1. The summed E-state index contributed by atoms with van der Waals surface area (Å²) in [4.78, 5) is 12.6. The molecule has 1 aromatic heterocycles. The summed E-state index contributed by atoms with van der Waals surface area (Å²) in [6.45, 7) is 2.33. The number of aromatic hydroxyl groups is 1. The highest BCUT2D eigenvalue weighted by atomic mass is 16.5. The zero-order chi connectivity index (χ0) is 18.5. The summed E-state index contributed by atoms with van der Waals surface area (Å²) in [5.41, 5.74) is 3.17. The Morgan fingerprint density at radius 3 is 2.69 bits per heavy atom. The predicted octanol–water partition coefficient (Wildman–Crippen LogP) is 3.08. The van der Waals surface area contributed by atoms with Crippen LogP contribution < -0.4 is 10.1 Å². The Morgan fingerprint density at radius 1 is 1.23 bits per heavy atom. The van der Waals surface area contributed by atoms with Gasteiger partial charge >= 0.3 is 0 Å². The van der Waals surface area contributed by atoms with Gasteiger partial charge in [0.2, 0.25) is 0 Å². The normalized spacial score (nSPS) is 10.5. The lowest BCUT2D eigenvalue weighted by molar-refractivity contribution is 0.0950. The monoisotopic (exact) mass is 351 g/mol. The van der Waals surface area contributed by atoms with Crippen LogP contribution in [0.4, 0.5) is 0 Å². The molecule has 0 bridgehead atoms. The van der Waals surface area contributed by atoms with Crippen LogP contribution in [0.5, 0.6) is 11.5 Å². The molecule has 0 spiro atoms. The highest BCUT2D eigenvalue weighted by Crippen LogP contribution is 2.26. The van der Waals surface area contributed by atoms with Crippen LogP contribution in [0.15, 0.2) is 54.7 Å². The van der Waals surface area contributed by atoms with Gasteiger partial charge in [-0.25, -0.2) is 4.68 Å². The lowest BCUT2D eigenvalue weighted by Crippen LogP contribution is -2.23. The van der Waals surface area contributed by atoms with Gasteiger partial charge in [0.1, 0.15) is 0 Å². The van der Waals surface area contributed by atoms with Crippen LogP contribution in [0.1, 0.15) is 28.5 Å². The summed E-state index contributed by atoms with van der Waals surface area (Å²) < 4.78 is 6.88. The molecular formula is C20H21N3O3. The minimum absolute atomic E-state index is 0.0694. The van der Waals surface area contributed by atoms with Crippen LogP contribution in [-0.4, -0.2) is 27.9 Å². The smallest absolute Gasteiger partial charge is 0.255 e. The van der Waals surface area contributed by atoms with Crippen molar-refractivity contribution >= 4 is 5.91 Å². The fourth-order valence-electron chi connectivity index (χ4n) is 2.80. The molecule has 134 valence electrons. The number of phenolic OH excluding ortho intramolecular Hbond substituents is 1. The number of aromatic nitrogens is 2. The van der Waals surface area contributed by atoms with E-state index in [1.165, 1.54) is 7.11 Å². The first-order valence-corrected chi connectivity index (χ1v) is 8.40. The molecular weight excluding hydrogens is 330 g/mol. The number of benzene rings is 2. The van der Waals surface area contributed by atoms with Crippen LogP contribution in [0.3, 0.4) is 0 Å². The molecule has 0 aliphatic carbocycles. The molecule has 2 aromatic carbocycles. The molecule has 3 rings (SSSR count). The van der Waals surface area contributed by atoms with Crippen molar-refractivity contribution in [3.63, 3.8) is 0 Å². The van der Waals surface area contributed by atoms with Crippen molar-refractivity contribution in [3.8, 4) is 17.2 Å². The van der Waals surface area contributed by atoms with E-state index < -0.39 is 0 Å². The molecule has 0 radical (unpaired) electrons. The summed E-state index contributed by atoms with van der Waals surface area (Å²) in [6.07, 6.45) is 2.28. The van der Waals surface area contributed by atoms with Gasteiger partial charge in [-0.2, -0.15) is 5.10 Å². The van der Waals surface area contributed by atoms with Gasteiger partial charge in [0.25, 0.3) is 5.91 Å². The van der Waals surface area contributed by atoms with E-state index in [-0.39, 0.29) is 11.7 Å². The third kappa shape index (κ3) is 3.54. The van der Waals surface area contributed by atoms with Crippen LogP contribution in [-0.2, 0) is 13.0 Å². The van der Waals surface area contributed by atoms with Gasteiger partial charge in [-0.3, -0.25) is 4.79 Å². The number of phenols is 1. The number of rotatable bonds is 6. The zero-order valence-electron chi connectivity index (χ0n) is 14.8. The third-order valence-corrected chi connectivity index (χ3v) is 4.15. The molecule has 0 atom stereocenters. The van der Waals surface area contributed by atoms with Crippen LogP contribution in [0.25, 0.3) is 5.69 Å². The van der Waals surface area contributed by atoms with E-state index in [9.17, 15) is 9.90 Å². The van der Waals surface area contributed by atoms with Gasteiger partial charge in [-0.05, 0) is 36.2 Å². The molecule has 1 heterocycles. The van der Waals surface area contributed by atoms with E-state index in [2.05, 4.69) is 10.4 Å². The van der Waals surface area contributed by atoms with Gasteiger partial charge < -0.3 is 15.2 Å². The van der Waals surface area contributed by atoms with Gasteiger partial charge in [0, 0.05) is 6.54 Å². The predicted molar refractivity (Wildman–Crippen MR) is 98.8 cm³/mol. The highest BCUT2D eigenvalue weighted by Gasteiger charge is 2.17. The first kappa shape index (κ1) is 17.5. The van der Waals surface area contributed by atoms with Gasteiger partial charge in [0.05, 0.1) is 30.3 Å². The quantitative estimate of drug-likeness (QED) is 0.715. The van der Waals surface area contributed by atoms with Crippen molar-refractivity contribution in [2.75, 3.05) is 7.11 Å². The number of nitrogens with one attached hydrogen (secondary N) is 1. The fraction of sp³-hybridized carbons (Fsp3) is 0.200. The van der Waals surface area contributed by atoms with Gasteiger partial charge in [-0.1, -0.05) is 31.2 Å². The highest BCUT2D eigenvalue weighted by molar-refractivity contribution is 5.95. The summed E-state index contributed by atoms with van der Waals surface area (Å²) in [5, 5.41) is 16.9. The van der Waals surface area contributed by atoms with Crippen molar-refractivity contribution < 1.29 is 14.6 Å². The van der Waals surface area contributed by atoms with Crippen molar-refractivity contribution in [3.05, 3.63) is 71.5 Å². The molecule has 6 heteroatoms. The number of amides is 1. The molecule has 3 aromatic rings. The van der Waals surface area contributed by atoms with Crippen LogP contribution in [0, 0.1) is 0 Å². The van der Waals surface area contributed by atoms with Crippen molar-refractivity contribution in [1.82, 2.24) is 15.1 Å². The summed E-state index contributed by atoms with van der Waals surface area (Å²) in [7, 11) is 1.49. The Labute approximate surface area is 152 Å². The Hall–Kier alpha value is -3.28. The third-order valence-electron chi connectivity index (χ3n) is 4.15. The second-order valence-electron chi connectivity index (χ2n) is 5.79. The number of carbonyl (C=O) groups excluding carboxylic acids is 1. The fourth-order valence-corrected chi connectivity index (χ4v) is 2.80. The van der Waals surface area contributed by atoms with E-state index in [1.807, 2.05) is 37.3 Å². The van der Waals surface area contributed by atoms with Crippen molar-refractivity contribution in [2.24, 2.45) is 0 Å². The number of hydrogen-bond donors (Lipinski definition) is 2. The second-order valence-corrected chi connectivity index (χ2v) is 5.79. The summed E-state index contributed by atoms with van der Waals surface area (Å²) >= 11 is 0. The first-order chi connectivity index (χ1) is 12.6. The van der Waals surface area contributed by atoms with Crippen molar-refractivity contribution in [1.29, 1.82) is 0 Å². The topological polar surface area (TPSA) is 76.4 Å². The SMILES string of the molecule is CCc1c(C(=O)NCc2ccc(O)c(OC)c2)cnn1-c1ccccc1. The molecule has 6 nitrogen and oxygen atoms in total. The number of para-hydroxylation sites is 1. The number of ether oxygens (including phenoxy) is 1. The molecule has 2 N–H and O–H groups in total.